The van der Waals surface area contributed by atoms with Crippen LogP contribution in [-0.2, 0) is 10.1 Å². The Hall–Kier alpha value is -6.06. The SMILES string of the molecule is O=C(O)c1cc(N=NC2=CC(=[N+](O)O)C(=C3C=CC(=NN=C4C=C(S(=O)(=O)O)c5ccccc5C4=O)C=C3)C=C2)ccc1O. The van der Waals surface area contributed by atoms with Crippen LogP contribution in [0.4, 0.5) is 5.69 Å². The summed E-state index contributed by atoms with van der Waals surface area (Å²) in [6, 6.07) is 9.55. The van der Waals surface area contributed by atoms with Gasteiger partial charge in [0.05, 0.1) is 22.7 Å². The van der Waals surface area contributed by atoms with Gasteiger partial charge in [0.15, 0.2) is 0 Å². The second-order valence-corrected chi connectivity index (χ2v) is 10.6. The average molecular weight is 615 g/mol. The molecule has 0 bridgehead atoms. The average Bonchev–Trinajstić information content (AvgIpc) is 3.00. The molecule has 3 aliphatic carbocycles. The molecule has 15 heteroatoms. The summed E-state index contributed by atoms with van der Waals surface area (Å²) >= 11 is 0. The number of hydrogen-bond acceptors (Lipinski definition) is 11. The number of carboxylic acids is 1. The van der Waals surface area contributed by atoms with Crippen molar-refractivity contribution < 1.29 is 48.1 Å². The maximum Gasteiger partial charge on any atom is 0.339 e. The van der Waals surface area contributed by atoms with Crippen molar-refractivity contribution in [1.82, 2.24) is 0 Å². The Balaban J connectivity index is 1.39. The number of rotatable bonds is 5. The molecule has 0 unspecified atom stereocenters. The molecule has 0 aliphatic heterocycles. The lowest BCUT2D eigenvalue weighted by Crippen LogP contribution is -2.21. The second-order valence-electron chi connectivity index (χ2n) is 9.19. The molecule has 0 amide bonds. The Morgan fingerprint density at radius 3 is 2.20 bits per heavy atom. The van der Waals surface area contributed by atoms with Crippen LogP contribution in [0.5, 0.6) is 5.75 Å². The van der Waals surface area contributed by atoms with Gasteiger partial charge in [0.2, 0.25) is 10.7 Å². The van der Waals surface area contributed by atoms with Gasteiger partial charge in [-0.05, 0) is 54.2 Å². The van der Waals surface area contributed by atoms with Gasteiger partial charge < -0.3 is 10.2 Å². The van der Waals surface area contributed by atoms with Gasteiger partial charge in [-0.1, -0.05) is 36.4 Å². The fourth-order valence-corrected chi connectivity index (χ4v) is 4.99. The molecule has 0 heterocycles. The standard InChI is InChI=1S/C29H19N5O9S/c35-26-12-10-18(13-23(26)29(37)38)31-32-19-9-11-20(25(14-19)34(39)40)16-5-7-17(8-6-16)30-33-24-15-27(44(41,42)43)21-3-1-2-4-22(21)28(24)36/h1-15,39-40H,(H2,37,38,41,42,43)/p+1. The summed E-state index contributed by atoms with van der Waals surface area (Å²) in [6.45, 7) is 0. The van der Waals surface area contributed by atoms with Gasteiger partial charge in [0, 0.05) is 17.2 Å². The maximum atomic E-state index is 12.8. The minimum Gasteiger partial charge on any atom is -0.507 e. The quantitative estimate of drug-likeness (QED) is 0.141. The molecule has 0 atom stereocenters. The number of ketones is 1. The first-order chi connectivity index (χ1) is 20.9. The number of carbonyl (C=O) groups excluding carboxylic acids is 1. The van der Waals surface area contributed by atoms with Crippen LogP contribution < -0.4 is 0 Å². The largest absolute Gasteiger partial charge is 0.507 e. The van der Waals surface area contributed by atoms with E-state index in [4.69, 9.17) is 5.11 Å². The van der Waals surface area contributed by atoms with Crippen molar-refractivity contribution in [3.63, 3.8) is 0 Å². The van der Waals surface area contributed by atoms with E-state index in [1.165, 1.54) is 54.6 Å². The smallest absolute Gasteiger partial charge is 0.339 e. The van der Waals surface area contributed by atoms with Crippen LogP contribution in [0.1, 0.15) is 26.3 Å². The van der Waals surface area contributed by atoms with Crippen LogP contribution in [0.25, 0.3) is 4.91 Å². The maximum absolute atomic E-state index is 12.8. The van der Waals surface area contributed by atoms with Crippen molar-refractivity contribution in [2.75, 3.05) is 0 Å². The summed E-state index contributed by atoms with van der Waals surface area (Å²) in [6.07, 6.45) is 11.5. The zero-order chi connectivity index (χ0) is 31.6. The molecular formula is C29H20N5O9S+. The third-order valence-electron chi connectivity index (χ3n) is 6.36. The first-order valence-corrected chi connectivity index (χ1v) is 13.9. The van der Waals surface area contributed by atoms with Crippen LogP contribution in [-0.4, -0.2) is 67.4 Å². The third-order valence-corrected chi connectivity index (χ3v) is 7.25. The van der Waals surface area contributed by atoms with Crippen LogP contribution in [0.15, 0.2) is 128 Å². The Labute approximate surface area is 248 Å². The monoisotopic (exact) mass is 614 g/mol. The summed E-state index contributed by atoms with van der Waals surface area (Å²) in [4.78, 5) is 23.5. The number of aromatic hydroxyl groups is 1. The van der Waals surface area contributed by atoms with Crippen LogP contribution in [0.2, 0.25) is 0 Å². The molecule has 0 radical (unpaired) electrons. The van der Waals surface area contributed by atoms with E-state index in [0.717, 1.165) is 18.2 Å². The number of hydrogen-bond donors (Lipinski definition) is 5. The number of azo groups is 1. The third kappa shape index (κ3) is 6.08. The minimum absolute atomic E-state index is 0.0491. The Kier molecular flexibility index (Phi) is 7.81. The first-order valence-electron chi connectivity index (χ1n) is 12.4. The molecule has 220 valence electrons. The van der Waals surface area contributed by atoms with Crippen molar-refractivity contribution in [3.8, 4) is 5.75 Å². The summed E-state index contributed by atoms with van der Waals surface area (Å²) in [7, 11) is -4.66. The van der Waals surface area contributed by atoms with E-state index in [-0.39, 0.29) is 50.1 Å². The van der Waals surface area contributed by atoms with Crippen molar-refractivity contribution in [2.45, 2.75) is 0 Å². The van der Waals surface area contributed by atoms with E-state index in [0.29, 0.717) is 11.1 Å². The number of nitrogens with zero attached hydrogens (tertiary/aromatic N) is 5. The molecule has 0 saturated carbocycles. The zero-order valence-electron chi connectivity index (χ0n) is 22.2. The fraction of sp³-hybridized carbons (Fsp3) is 0. The highest BCUT2D eigenvalue weighted by atomic mass is 32.2. The lowest BCUT2D eigenvalue weighted by molar-refractivity contribution is -0.954. The highest BCUT2D eigenvalue weighted by molar-refractivity contribution is 7.95. The van der Waals surface area contributed by atoms with Crippen LogP contribution >= 0.6 is 0 Å². The van der Waals surface area contributed by atoms with Crippen LogP contribution in [0, 0.1) is 0 Å². The molecule has 5 N–H and O–H groups in total. The molecule has 5 rings (SSSR count). The molecular weight excluding hydrogens is 594 g/mol. The van der Waals surface area contributed by atoms with Gasteiger partial charge in [0.25, 0.3) is 10.1 Å². The molecule has 0 aromatic heterocycles. The summed E-state index contributed by atoms with van der Waals surface area (Å²) in [5.74, 6) is -2.35. The van der Waals surface area contributed by atoms with Gasteiger partial charge in [0.1, 0.15) is 21.9 Å². The molecule has 2 aromatic carbocycles. The number of phenols is 1. The van der Waals surface area contributed by atoms with Crippen molar-refractivity contribution in [2.24, 2.45) is 20.4 Å². The van der Waals surface area contributed by atoms with E-state index in [9.17, 15) is 38.1 Å². The summed E-state index contributed by atoms with van der Waals surface area (Å²) in [5, 5.41) is 54.3. The van der Waals surface area contributed by atoms with E-state index < -0.39 is 32.5 Å². The summed E-state index contributed by atoms with van der Waals surface area (Å²) < 4.78 is 33.5. The molecule has 14 nitrogen and oxygen atoms in total. The lowest BCUT2D eigenvalue weighted by Gasteiger charge is -2.15. The Morgan fingerprint density at radius 1 is 0.841 bits per heavy atom. The molecule has 0 fully saturated rings. The molecule has 0 saturated heterocycles. The molecule has 44 heavy (non-hydrogen) atoms. The first kappa shape index (κ1) is 29.4. The van der Waals surface area contributed by atoms with Crippen molar-refractivity contribution in [1.29, 1.82) is 0 Å². The molecule has 0 spiro atoms. The number of fused-ring (bicyclic) bond motifs is 1. The molecule has 3 aliphatic rings. The normalized spacial score (nSPS) is 17.2. The Morgan fingerprint density at radius 2 is 1.55 bits per heavy atom. The number of Topliss-reactive ketones (excluding diaryl/α,β-unsaturated/α-hetero) is 1. The number of carbonyl (C=O) groups is 2. The predicted octanol–water partition coefficient (Wildman–Crippen LogP) is 4.20. The zero-order valence-corrected chi connectivity index (χ0v) is 23.0. The van der Waals surface area contributed by atoms with E-state index in [1.807, 2.05) is 0 Å². The van der Waals surface area contributed by atoms with Gasteiger partial charge in [-0.2, -0.15) is 23.7 Å². The van der Waals surface area contributed by atoms with Gasteiger partial charge >= 0.3 is 11.7 Å². The topological polar surface area (TPSA) is 222 Å². The minimum atomic E-state index is -4.66. The van der Waals surface area contributed by atoms with E-state index in [2.05, 4.69) is 20.4 Å². The number of carboxylic acid groups (broad SMARTS) is 1. The van der Waals surface area contributed by atoms with E-state index in [1.54, 1.807) is 18.2 Å². The predicted molar refractivity (Wildman–Crippen MR) is 156 cm³/mol. The van der Waals surface area contributed by atoms with Gasteiger partial charge in [-0.3, -0.25) is 9.35 Å². The van der Waals surface area contributed by atoms with E-state index >= 15 is 0 Å². The van der Waals surface area contributed by atoms with Crippen molar-refractivity contribution >= 4 is 49.6 Å². The lowest BCUT2D eigenvalue weighted by atomic mass is 9.95. The van der Waals surface area contributed by atoms with Crippen LogP contribution in [0.3, 0.4) is 0 Å². The fourth-order valence-electron chi connectivity index (χ4n) is 4.27. The van der Waals surface area contributed by atoms with Gasteiger partial charge in [-0.25, -0.2) is 15.2 Å². The number of allylic oxidation sites excluding steroid dienone is 10. The second kappa shape index (κ2) is 11.7. The summed E-state index contributed by atoms with van der Waals surface area (Å²) in [5.41, 5.74) is 0.880. The Bertz CT molecular complexity index is 2040. The number of benzene rings is 2. The highest BCUT2D eigenvalue weighted by Gasteiger charge is 2.30. The highest BCUT2D eigenvalue weighted by Crippen LogP contribution is 2.29. The van der Waals surface area contributed by atoms with Gasteiger partial charge in [-0.15, -0.1) is 5.10 Å². The van der Waals surface area contributed by atoms with Crippen molar-refractivity contribution in [3.05, 3.63) is 125 Å². The number of aromatic carboxylic acids is 1. The molecule has 2 aromatic rings.